The van der Waals surface area contributed by atoms with Crippen molar-refractivity contribution in [2.24, 2.45) is 4.99 Å². The first-order valence-corrected chi connectivity index (χ1v) is 9.19. The van der Waals surface area contributed by atoms with Gasteiger partial charge in [0.15, 0.2) is 0 Å². The van der Waals surface area contributed by atoms with Gasteiger partial charge < -0.3 is 15.0 Å². The maximum Gasteiger partial charge on any atom is 0.256 e. The van der Waals surface area contributed by atoms with Crippen LogP contribution in [0.25, 0.3) is 16.6 Å². The maximum absolute atomic E-state index is 12.5. The molecule has 0 unspecified atom stereocenters. The zero-order valence-electron chi connectivity index (χ0n) is 15.8. The van der Waals surface area contributed by atoms with Crippen LogP contribution in [0.4, 0.5) is 0 Å². The zero-order valence-corrected chi connectivity index (χ0v) is 16.5. The Balaban J connectivity index is 1.52. The quantitative estimate of drug-likeness (QED) is 0.702. The van der Waals surface area contributed by atoms with Crippen LogP contribution in [-0.2, 0) is 0 Å². The van der Waals surface area contributed by atoms with E-state index in [0.717, 1.165) is 22.4 Å². The lowest BCUT2D eigenvalue weighted by Crippen LogP contribution is -2.28. The number of nitrogens with zero attached hydrogens (tertiary/aromatic N) is 2. The van der Waals surface area contributed by atoms with Crippen molar-refractivity contribution in [1.29, 1.82) is 0 Å². The number of carbonyl (C=O) groups excluding carboxylic acids is 1. The van der Waals surface area contributed by atoms with E-state index in [1.165, 1.54) is 18.2 Å². The number of benzene rings is 2. The number of aliphatic imine (C=N–C) groups is 1. The summed E-state index contributed by atoms with van der Waals surface area (Å²) in [6, 6.07) is 9.04. The van der Waals surface area contributed by atoms with Gasteiger partial charge in [-0.1, -0.05) is 11.6 Å². The van der Waals surface area contributed by atoms with Crippen LogP contribution in [-0.4, -0.2) is 35.4 Å². The number of ether oxygens (including phenoxy) is 1. The van der Waals surface area contributed by atoms with Crippen molar-refractivity contribution in [1.82, 2.24) is 15.3 Å². The molecule has 0 bridgehead atoms. The van der Waals surface area contributed by atoms with Crippen molar-refractivity contribution in [2.45, 2.75) is 13.8 Å². The van der Waals surface area contributed by atoms with Crippen LogP contribution in [0.5, 0.6) is 5.75 Å². The summed E-state index contributed by atoms with van der Waals surface area (Å²) in [4.78, 5) is 24.9. The summed E-state index contributed by atoms with van der Waals surface area (Å²) in [5.74, 6) is 1.51. The average molecular weight is 395 g/mol. The topological polar surface area (TPSA) is 79.4 Å². The molecule has 1 aliphatic rings. The Morgan fingerprint density at radius 3 is 2.75 bits per heavy atom. The van der Waals surface area contributed by atoms with Gasteiger partial charge >= 0.3 is 0 Å². The van der Waals surface area contributed by atoms with Gasteiger partial charge in [-0.15, -0.1) is 0 Å². The van der Waals surface area contributed by atoms with Gasteiger partial charge in [0.2, 0.25) is 0 Å². The number of aromatic amines is 1. The normalized spacial score (nSPS) is 13.4. The number of amides is 1. The van der Waals surface area contributed by atoms with Crippen molar-refractivity contribution in [3.05, 3.63) is 63.9 Å². The first kappa shape index (κ1) is 18.3. The Morgan fingerprint density at radius 2 is 2.00 bits per heavy atom. The number of nitrogens with one attached hydrogen (secondary N) is 2. The number of carbonyl (C=O) groups is 1. The van der Waals surface area contributed by atoms with Gasteiger partial charge in [-0.05, 0) is 61.4 Å². The van der Waals surface area contributed by atoms with Gasteiger partial charge in [-0.25, -0.2) is 4.98 Å². The summed E-state index contributed by atoms with van der Waals surface area (Å²) in [5, 5.41) is 3.19. The van der Waals surface area contributed by atoms with Gasteiger partial charge in [0.05, 0.1) is 29.7 Å². The van der Waals surface area contributed by atoms with E-state index in [2.05, 4.69) is 46.3 Å². The number of aryl methyl sites for hydroxylation is 2. The highest BCUT2D eigenvalue weighted by Gasteiger charge is 2.17. The molecule has 1 amide bonds. The van der Waals surface area contributed by atoms with Gasteiger partial charge in [-0.3, -0.25) is 9.79 Å². The van der Waals surface area contributed by atoms with Crippen LogP contribution in [0.15, 0.2) is 41.4 Å². The highest BCUT2D eigenvalue weighted by molar-refractivity contribution is 6.32. The summed E-state index contributed by atoms with van der Waals surface area (Å²) >= 11 is 6.09. The van der Waals surface area contributed by atoms with Crippen LogP contribution in [0.2, 0.25) is 5.02 Å². The maximum atomic E-state index is 12.5. The monoisotopic (exact) mass is 394 g/mol. The van der Waals surface area contributed by atoms with E-state index >= 15 is 0 Å². The van der Waals surface area contributed by atoms with E-state index < -0.39 is 0 Å². The standard InChI is InChI=1S/C21H19ClN4O2/c1-11-6-16-17(7-12(11)2)25-20(24-16)14-9-19(23-10-14)26-21(27)13-4-5-18(28-3)15(22)8-13/h4-9H,10H2,1-3H3,(H,24,25)(H,23,26,27). The summed E-state index contributed by atoms with van der Waals surface area (Å²) in [7, 11) is 1.53. The minimum atomic E-state index is -0.281. The molecule has 0 atom stereocenters. The summed E-state index contributed by atoms with van der Waals surface area (Å²) in [6.45, 7) is 4.60. The lowest BCUT2D eigenvalue weighted by molar-refractivity contribution is 0.0977. The highest BCUT2D eigenvalue weighted by Crippen LogP contribution is 2.25. The largest absolute Gasteiger partial charge is 0.495 e. The van der Waals surface area contributed by atoms with Crippen LogP contribution < -0.4 is 10.1 Å². The molecular formula is C21H19ClN4O2. The van der Waals surface area contributed by atoms with Crippen molar-refractivity contribution >= 4 is 40.0 Å². The molecule has 7 heteroatoms. The van der Waals surface area contributed by atoms with E-state index in [0.29, 0.717) is 28.7 Å². The summed E-state index contributed by atoms with van der Waals surface area (Å²) < 4.78 is 5.11. The predicted octanol–water partition coefficient (Wildman–Crippen LogP) is 4.07. The Morgan fingerprint density at radius 1 is 1.21 bits per heavy atom. The van der Waals surface area contributed by atoms with Gasteiger partial charge in [0.1, 0.15) is 17.4 Å². The van der Waals surface area contributed by atoms with Gasteiger partial charge in [0.25, 0.3) is 5.91 Å². The number of methoxy groups -OCH3 is 1. The molecule has 2 heterocycles. The number of imidazole rings is 1. The number of rotatable bonds is 3. The second-order valence-corrected chi connectivity index (χ2v) is 7.12. The fourth-order valence-corrected chi connectivity index (χ4v) is 3.32. The van der Waals surface area contributed by atoms with Crippen molar-refractivity contribution < 1.29 is 9.53 Å². The van der Waals surface area contributed by atoms with E-state index in [-0.39, 0.29) is 5.91 Å². The molecule has 28 heavy (non-hydrogen) atoms. The molecule has 1 aliphatic heterocycles. The van der Waals surface area contributed by atoms with E-state index in [4.69, 9.17) is 16.3 Å². The van der Waals surface area contributed by atoms with Crippen LogP contribution >= 0.6 is 11.6 Å². The van der Waals surface area contributed by atoms with E-state index in [1.54, 1.807) is 18.2 Å². The SMILES string of the molecule is COc1ccc(C(=O)NC2=NCC(c3nc4cc(C)c(C)cc4[nH]3)=C2)cc1Cl. The smallest absolute Gasteiger partial charge is 0.256 e. The Hall–Kier alpha value is -3.12. The molecule has 1 aromatic heterocycles. The Kier molecular flexibility index (Phi) is 4.65. The average Bonchev–Trinajstić information content (AvgIpc) is 3.28. The Bertz CT molecular complexity index is 1120. The molecule has 0 saturated carbocycles. The molecule has 2 aromatic carbocycles. The first-order chi connectivity index (χ1) is 13.4. The number of fused-ring (bicyclic) bond motifs is 1. The third-order valence-corrected chi connectivity index (χ3v) is 5.08. The summed E-state index contributed by atoms with van der Waals surface area (Å²) in [5.41, 5.74) is 5.69. The van der Waals surface area contributed by atoms with Crippen LogP contribution in [0, 0.1) is 13.8 Å². The second-order valence-electron chi connectivity index (χ2n) is 6.71. The fraction of sp³-hybridized carbons (Fsp3) is 0.190. The van der Waals surface area contributed by atoms with E-state index in [9.17, 15) is 4.79 Å². The number of hydrogen-bond donors (Lipinski definition) is 2. The molecule has 142 valence electrons. The minimum absolute atomic E-state index is 0.281. The number of hydrogen-bond acceptors (Lipinski definition) is 4. The Labute approximate surface area is 167 Å². The van der Waals surface area contributed by atoms with Crippen molar-refractivity contribution in [3.63, 3.8) is 0 Å². The van der Waals surface area contributed by atoms with Crippen molar-refractivity contribution in [3.8, 4) is 5.75 Å². The number of amidine groups is 1. The number of aromatic nitrogens is 2. The summed E-state index contributed by atoms with van der Waals surface area (Å²) in [6.07, 6.45) is 1.83. The molecule has 0 radical (unpaired) electrons. The second kappa shape index (κ2) is 7.13. The highest BCUT2D eigenvalue weighted by atomic mass is 35.5. The molecule has 0 aliphatic carbocycles. The molecular weight excluding hydrogens is 376 g/mol. The molecule has 0 spiro atoms. The van der Waals surface area contributed by atoms with Gasteiger partial charge in [0, 0.05) is 11.1 Å². The zero-order chi connectivity index (χ0) is 19.8. The molecule has 0 saturated heterocycles. The lowest BCUT2D eigenvalue weighted by Gasteiger charge is -2.06. The number of halogens is 1. The molecule has 2 N–H and O–H groups in total. The van der Waals surface area contributed by atoms with Crippen molar-refractivity contribution in [2.75, 3.05) is 13.7 Å². The van der Waals surface area contributed by atoms with Crippen LogP contribution in [0.1, 0.15) is 27.3 Å². The molecule has 3 aromatic rings. The lowest BCUT2D eigenvalue weighted by atomic mass is 10.1. The fourth-order valence-electron chi connectivity index (χ4n) is 3.06. The molecule has 0 fully saturated rings. The minimum Gasteiger partial charge on any atom is -0.495 e. The molecule has 6 nitrogen and oxygen atoms in total. The first-order valence-electron chi connectivity index (χ1n) is 8.82. The predicted molar refractivity (Wildman–Crippen MR) is 111 cm³/mol. The third kappa shape index (κ3) is 3.39. The van der Waals surface area contributed by atoms with Gasteiger partial charge in [-0.2, -0.15) is 0 Å². The third-order valence-electron chi connectivity index (χ3n) is 4.79. The van der Waals surface area contributed by atoms with E-state index in [1.807, 2.05) is 6.08 Å². The molecule has 4 rings (SSSR count). The number of H-pyrrole nitrogens is 1. The van der Waals surface area contributed by atoms with Crippen LogP contribution in [0.3, 0.4) is 0 Å².